The maximum absolute atomic E-state index is 12.0. The second-order valence-electron chi connectivity index (χ2n) is 4.86. The second-order valence-corrected chi connectivity index (χ2v) is 6.58. The first-order chi connectivity index (χ1) is 9.42. The number of aliphatic carboxylic acids is 1. The molecule has 6 nitrogen and oxygen atoms in total. The Morgan fingerprint density at radius 3 is 2.40 bits per heavy atom. The van der Waals surface area contributed by atoms with Crippen molar-refractivity contribution in [2.24, 2.45) is 0 Å². The van der Waals surface area contributed by atoms with Gasteiger partial charge in [0, 0.05) is 11.7 Å². The maximum Gasteiger partial charge on any atom is 0.326 e. The van der Waals surface area contributed by atoms with E-state index in [4.69, 9.17) is 5.11 Å². The topological polar surface area (TPSA) is 95.5 Å². The number of sulfonamides is 1. The molecule has 0 radical (unpaired) electrons. The number of carbonyl (C=O) groups is 1. The van der Waals surface area contributed by atoms with E-state index in [9.17, 15) is 13.2 Å². The lowest BCUT2D eigenvalue weighted by molar-refractivity contribution is -0.137. The molecule has 0 bridgehead atoms. The molecule has 7 heteroatoms. The lowest BCUT2D eigenvalue weighted by Gasteiger charge is -2.14. The molecule has 1 aliphatic carbocycles. The lowest BCUT2D eigenvalue weighted by Crippen LogP contribution is -2.28. The van der Waals surface area contributed by atoms with Crippen molar-refractivity contribution in [2.75, 3.05) is 5.32 Å². The van der Waals surface area contributed by atoms with Gasteiger partial charge in [0.15, 0.2) is 0 Å². The molecule has 1 atom stereocenters. The summed E-state index contributed by atoms with van der Waals surface area (Å²) in [5, 5.41) is 11.8. The van der Waals surface area contributed by atoms with Crippen molar-refractivity contribution in [1.29, 1.82) is 0 Å². The molecule has 0 aliphatic heterocycles. The van der Waals surface area contributed by atoms with Gasteiger partial charge in [-0.05, 0) is 43.5 Å². The molecular weight excluding hydrogens is 280 g/mol. The zero-order valence-electron chi connectivity index (χ0n) is 11.2. The molecule has 2 rings (SSSR count). The monoisotopic (exact) mass is 298 g/mol. The third-order valence-corrected chi connectivity index (χ3v) is 4.65. The third-order valence-electron chi connectivity index (χ3n) is 3.11. The Morgan fingerprint density at radius 2 is 1.95 bits per heavy atom. The zero-order valence-corrected chi connectivity index (χ0v) is 12.0. The first-order valence-electron chi connectivity index (χ1n) is 6.54. The van der Waals surface area contributed by atoms with Gasteiger partial charge in [0.1, 0.15) is 6.04 Å². The van der Waals surface area contributed by atoms with Crippen LogP contribution in [-0.2, 0) is 14.8 Å². The van der Waals surface area contributed by atoms with Gasteiger partial charge in [-0.3, -0.25) is 0 Å². The summed E-state index contributed by atoms with van der Waals surface area (Å²) >= 11 is 0. The minimum absolute atomic E-state index is 0.0642. The van der Waals surface area contributed by atoms with E-state index in [1.807, 2.05) is 0 Å². The molecule has 1 aromatic rings. The van der Waals surface area contributed by atoms with Crippen LogP contribution in [0, 0.1) is 0 Å². The second kappa shape index (κ2) is 5.80. The first kappa shape index (κ1) is 14.8. The number of nitrogens with one attached hydrogen (secondary N) is 2. The molecule has 1 saturated carbocycles. The third kappa shape index (κ3) is 3.71. The summed E-state index contributed by atoms with van der Waals surface area (Å²) in [4.78, 5) is 11.1. The van der Waals surface area contributed by atoms with Crippen molar-refractivity contribution in [1.82, 2.24) is 4.72 Å². The highest BCUT2D eigenvalue weighted by atomic mass is 32.2. The van der Waals surface area contributed by atoms with E-state index in [-0.39, 0.29) is 10.9 Å². The number of hydrogen-bond donors (Lipinski definition) is 3. The summed E-state index contributed by atoms with van der Waals surface area (Å²) in [5.74, 6) is -0.931. The largest absolute Gasteiger partial charge is 0.480 e. The Hall–Kier alpha value is -1.60. The quantitative estimate of drug-likeness (QED) is 0.707. The standard InChI is InChI=1S/C13H18N2O4S/c1-2-12(13(16)17)14-9-5-7-11(8-6-9)20(18,19)15-10-3-4-10/h5-8,10,12,14-15H,2-4H2,1H3,(H,16,17). The molecule has 1 unspecified atom stereocenters. The number of carboxylic acid groups (broad SMARTS) is 1. The summed E-state index contributed by atoms with van der Waals surface area (Å²) in [7, 11) is -3.46. The lowest BCUT2D eigenvalue weighted by atomic mass is 10.2. The van der Waals surface area contributed by atoms with Crippen LogP contribution in [0.5, 0.6) is 0 Å². The van der Waals surface area contributed by atoms with Crippen LogP contribution < -0.4 is 10.0 Å². The fourth-order valence-corrected chi connectivity index (χ4v) is 3.06. The molecule has 110 valence electrons. The van der Waals surface area contributed by atoms with Gasteiger partial charge in [-0.25, -0.2) is 17.9 Å². The van der Waals surface area contributed by atoms with E-state index < -0.39 is 22.0 Å². The molecule has 1 aliphatic rings. The Balaban J connectivity index is 2.07. The molecule has 0 saturated heterocycles. The molecular formula is C13H18N2O4S. The van der Waals surface area contributed by atoms with Crippen LogP contribution >= 0.6 is 0 Å². The predicted octanol–water partition coefficient (Wildman–Crippen LogP) is 1.40. The summed E-state index contributed by atoms with van der Waals surface area (Å²) in [6.45, 7) is 1.77. The van der Waals surface area contributed by atoms with Crippen LogP contribution in [0.25, 0.3) is 0 Å². The van der Waals surface area contributed by atoms with E-state index in [1.54, 1.807) is 19.1 Å². The summed E-state index contributed by atoms with van der Waals surface area (Å²) in [6.07, 6.45) is 2.21. The first-order valence-corrected chi connectivity index (χ1v) is 8.02. The molecule has 0 aromatic heterocycles. The Morgan fingerprint density at radius 1 is 1.35 bits per heavy atom. The van der Waals surface area contributed by atoms with Crippen molar-refractivity contribution < 1.29 is 18.3 Å². The number of rotatable bonds is 7. The Labute approximate surface area is 118 Å². The van der Waals surface area contributed by atoms with Gasteiger partial charge in [-0.1, -0.05) is 6.92 Å². The smallest absolute Gasteiger partial charge is 0.326 e. The van der Waals surface area contributed by atoms with Crippen LogP contribution in [0.2, 0.25) is 0 Å². The zero-order chi connectivity index (χ0) is 14.8. The number of anilines is 1. The average molecular weight is 298 g/mol. The van der Waals surface area contributed by atoms with Gasteiger partial charge in [-0.15, -0.1) is 0 Å². The molecule has 0 amide bonds. The molecule has 1 aromatic carbocycles. The van der Waals surface area contributed by atoms with Crippen molar-refractivity contribution in [3.05, 3.63) is 24.3 Å². The Bertz CT molecular complexity index is 579. The number of carboxylic acids is 1. The molecule has 1 fully saturated rings. The number of benzene rings is 1. The minimum Gasteiger partial charge on any atom is -0.480 e. The van der Waals surface area contributed by atoms with Gasteiger partial charge in [0.05, 0.1) is 4.90 Å². The highest BCUT2D eigenvalue weighted by molar-refractivity contribution is 7.89. The highest BCUT2D eigenvalue weighted by Crippen LogP contribution is 2.23. The SMILES string of the molecule is CCC(Nc1ccc(S(=O)(=O)NC2CC2)cc1)C(=O)O. The molecule has 20 heavy (non-hydrogen) atoms. The minimum atomic E-state index is -3.46. The number of hydrogen-bond acceptors (Lipinski definition) is 4. The van der Waals surface area contributed by atoms with E-state index in [1.165, 1.54) is 12.1 Å². The van der Waals surface area contributed by atoms with Crippen LogP contribution in [0.4, 0.5) is 5.69 Å². The summed E-state index contributed by atoms with van der Waals surface area (Å²) in [5.41, 5.74) is 0.588. The van der Waals surface area contributed by atoms with Gasteiger partial charge in [0.25, 0.3) is 0 Å². The van der Waals surface area contributed by atoms with E-state index >= 15 is 0 Å². The van der Waals surface area contributed by atoms with E-state index in [0.717, 1.165) is 12.8 Å². The fourth-order valence-electron chi connectivity index (χ4n) is 1.76. The van der Waals surface area contributed by atoms with E-state index in [0.29, 0.717) is 12.1 Å². The maximum atomic E-state index is 12.0. The Kier molecular flexibility index (Phi) is 4.29. The molecule has 3 N–H and O–H groups in total. The van der Waals surface area contributed by atoms with Crippen molar-refractivity contribution in [3.63, 3.8) is 0 Å². The van der Waals surface area contributed by atoms with Crippen LogP contribution in [0.3, 0.4) is 0 Å². The van der Waals surface area contributed by atoms with Gasteiger partial charge < -0.3 is 10.4 Å². The summed E-state index contributed by atoms with van der Waals surface area (Å²) in [6, 6.07) is 5.49. The van der Waals surface area contributed by atoms with Crippen molar-refractivity contribution >= 4 is 21.7 Å². The fraction of sp³-hybridized carbons (Fsp3) is 0.462. The van der Waals surface area contributed by atoms with Gasteiger partial charge in [0.2, 0.25) is 10.0 Å². The average Bonchev–Trinajstić information content (AvgIpc) is 3.19. The summed E-state index contributed by atoms with van der Waals surface area (Å²) < 4.78 is 26.5. The van der Waals surface area contributed by atoms with Crippen molar-refractivity contribution in [2.45, 2.75) is 43.2 Å². The van der Waals surface area contributed by atoms with Crippen molar-refractivity contribution in [3.8, 4) is 0 Å². The normalized spacial score (nSPS) is 16.6. The molecule has 0 spiro atoms. The van der Waals surface area contributed by atoms with Crippen LogP contribution in [0.15, 0.2) is 29.2 Å². The predicted molar refractivity (Wildman–Crippen MR) is 75.1 cm³/mol. The van der Waals surface area contributed by atoms with Gasteiger partial charge >= 0.3 is 5.97 Å². The molecule has 0 heterocycles. The van der Waals surface area contributed by atoms with Crippen LogP contribution in [0.1, 0.15) is 26.2 Å². The van der Waals surface area contributed by atoms with Gasteiger partial charge in [-0.2, -0.15) is 0 Å². The highest BCUT2D eigenvalue weighted by Gasteiger charge is 2.27. The van der Waals surface area contributed by atoms with E-state index in [2.05, 4.69) is 10.0 Å². The van der Waals surface area contributed by atoms with Crippen LogP contribution in [-0.4, -0.2) is 31.6 Å².